The van der Waals surface area contributed by atoms with Gasteiger partial charge in [0.1, 0.15) is 5.75 Å². The number of aryl methyl sites for hydroxylation is 2. The van der Waals surface area contributed by atoms with Crippen LogP contribution in [0.4, 0.5) is 0 Å². The van der Waals surface area contributed by atoms with Crippen molar-refractivity contribution in [2.45, 2.75) is 46.3 Å². The van der Waals surface area contributed by atoms with Gasteiger partial charge in [-0.3, -0.25) is 14.7 Å². The zero-order valence-electron chi connectivity index (χ0n) is 16.5. The number of rotatable bonds is 5. The van der Waals surface area contributed by atoms with Gasteiger partial charge in [0.25, 0.3) is 0 Å². The van der Waals surface area contributed by atoms with Crippen LogP contribution in [0.1, 0.15) is 29.6 Å². The van der Waals surface area contributed by atoms with Crippen LogP contribution < -0.4 is 4.74 Å². The van der Waals surface area contributed by atoms with Crippen molar-refractivity contribution in [3.63, 3.8) is 0 Å². The molecule has 6 nitrogen and oxygen atoms in total. The summed E-state index contributed by atoms with van der Waals surface area (Å²) in [6.45, 7) is 9.30. The predicted octanol–water partition coefficient (Wildman–Crippen LogP) is 3.35. The molecule has 4 rings (SSSR count). The molecule has 1 aliphatic rings. The van der Waals surface area contributed by atoms with E-state index in [0.29, 0.717) is 6.04 Å². The number of hydrogen-bond acceptors (Lipinski definition) is 4. The van der Waals surface area contributed by atoms with Gasteiger partial charge in [-0.25, -0.2) is 0 Å². The highest BCUT2D eigenvalue weighted by molar-refractivity contribution is 5.66. The van der Waals surface area contributed by atoms with Crippen molar-refractivity contribution in [1.82, 2.24) is 24.9 Å². The van der Waals surface area contributed by atoms with E-state index in [1.54, 1.807) is 7.11 Å². The summed E-state index contributed by atoms with van der Waals surface area (Å²) in [7, 11) is 1.70. The number of methoxy groups -OCH3 is 1. The van der Waals surface area contributed by atoms with E-state index in [-0.39, 0.29) is 0 Å². The second kappa shape index (κ2) is 7.19. The molecule has 0 spiro atoms. The number of nitrogens with zero attached hydrogens (tertiary/aromatic N) is 4. The Morgan fingerprint density at radius 2 is 2.11 bits per heavy atom. The first kappa shape index (κ1) is 17.8. The second-order valence-electron chi connectivity index (χ2n) is 7.44. The summed E-state index contributed by atoms with van der Waals surface area (Å²) in [6.07, 6.45) is 0.994. The van der Waals surface area contributed by atoms with Crippen LogP contribution in [0, 0.1) is 13.8 Å². The molecule has 0 radical (unpaired) electrons. The number of benzene rings is 1. The lowest BCUT2D eigenvalue weighted by atomic mass is 10.00. The molecule has 6 heteroatoms. The molecule has 3 aromatic rings. The SMILES string of the molecule is COc1cccc(-c2n[nH]c3c2CN([C@H](C)Cn2nc(C)cc2C)CC3)c1. The first-order valence-corrected chi connectivity index (χ1v) is 9.51. The lowest BCUT2D eigenvalue weighted by molar-refractivity contribution is 0.169. The molecule has 0 fully saturated rings. The predicted molar refractivity (Wildman–Crippen MR) is 106 cm³/mol. The van der Waals surface area contributed by atoms with E-state index < -0.39 is 0 Å². The highest BCUT2D eigenvalue weighted by atomic mass is 16.5. The maximum Gasteiger partial charge on any atom is 0.119 e. The van der Waals surface area contributed by atoms with Crippen molar-refractivity contribution in [3.05, 3.63) is 53.0 Å². The molecular weight excluding hydrogens is 338 g/mol. The normalized spacial score (nSPS) is 15.6. The molecule has 1 aliphatic heterocycles. The Morgan fingerprint density at radius 1 is 1.26 bits per heavy atom. The van der Waals surface area contributed by atoms with Gasteiger partial charge in [0.2, 0.25) is 0 Å². The van der Waals surface area contributed by atoms with Gasteiger partial charge >= 0.3 is 0 Å². The number of nitrogens with one attached hydrogen (secondary N) is 1. The van der Waals surface area contributed by atoms with Crippen LogP contribution in [0.3, 0.4) is 0 Å². The minimum Gasteiger partial charge on any atom is -0.497 e. The fourth-order valence-electron chi connectivity index (χ4n) is 3.93. The third-order valence-corrected chi connectivity index (χ3v) is 5.47. The average molecular weight is 365 g/mol. The quantitative estimate of drug-likeness (QED) is 0.753. The maximum atomic E-state index is 5.38. The molecule has 1 N–H and O–H groups in total. The Kier molecular flexibility index (Phi) is 4.74. The number of hydrogen-bond donors (Lipinski definition) is 1. The van der Waals surface area contributed by atoms with Gasteiger partial charge in [-0.15, -0.1) is 0 Å². The highest BCUT2D eigenvalue weighted by Crippen LogP contribution is 2.31. The maximum absolute atomic E-state index is 5.38. The molecule has 27 heavy (non-hydrogen) atoms. The van der Waals surface area contributed by atoms with Crippen molar-refractivity contribution < 1.29 is 4.74 Å². The van der Waals surface area contributed by atoms with Crippen molar-refractivity contribution in [2.24, 2.45) is 0 Å². The summed E-state index contributed by atoms with van der Waals surface area (Å²) in [5.74, 6) is 0.856. The largest absolute Gasteiger partial charge is 0.497 e. The Hall–Kier alpha value is -2.60. The van der Waals surface area contributed by atoms with Crippen LogP contribution in [-0.2, 0) is 19.5 Å². The van der Waals surface area contributed by atoms with Gasteiger partial charge in [0.05, 0.1) is 25.0 Å². The first-order valence-electron chi connectivity index (χ1n) is 9.51. The number of aromatic nitrogens is 4. The van der Waals surface area contributed by atoms with Crippen molar-refractivity contribution >= 4 is 0 Å². The minimum atomic E-state index is 0.407. The summed E-state index contributed by atoms with van der Waals surface area (Å²) < 4.78 is 7.50. The number of H-pyrrole nitrogens is 1. The topological polar surface area (TPSA) is 59.0 Å². The van der Waals surface area contributed by atoms with E-state index in [0.717, 1.165) is 48.8 Å². The molecule has 0 aliphatic carbocycles. The second-order valence-corrected chi connectivity index (χ2v) is 7.44. The Labute approximate surface area is 160 Å². The molecule has 0 bridgehead atoms. The van der Waals surface area contributed by atoms with Gasteiger partial charge in [0.15, 0.2) is 0 Å². The molecule has 1 aromatic carbocycles. The molecule has 0 unspecified atom stereocenters. The van der Waals surface area contributed by atoms with Gasteiger partial charge in [-0.1, -0.05) is 12.1 Å². The Balaban J connectivity index is 1.55. The molecule has 142 valence electrons. The molecule has 3 heterocycles. The van der Waals surface area contributed by atoms with E-state index in [2.05, 4.69) is 56.9 Å². The van der Waals surface area contributed by atoms with E-state index in [4.69, 9.17) is 4.74 Å². The van der Waals surface area contributed by atoms with Gasteiger partial charge in [-0.05, 0) is 39.0 Å². The summed E-state index contributed by atoms with van der Waals surface area (Å²) in [4.78, 5) is 2.53. The minimum absolute atomic E-state index is 0.407. The fourth-order valence-corrected chi connectivity index (χ4v) is 3.93. The summed E-state index contributed by atoms with van der Waals surface area (Å²) in [6, 6.07) is 10.7. The van der Waals surface area contributed by atoms with Crippen LogP contribution in [0.25, 0.3) is 11.3 Å². The fraction of sp³-hybridized carbons (Fsp3) is 0.429. The highest BCUT2D eigenvalue weighted by Gasteiger charge is 2.26. The van der Waals surface area contributed by atoms with Crippen molar-refractivity contribution in [2.75, 3.05) is 13.7 Å². The summed E-state index contributed by atoms with van der Waals surface area (Å²) >= 11 is 0. The Bertz CT molecular complexity index is 942. The lowest BCUT2D eigenvalue weighted by Gasteiger charge is -2.32. The van der Waals surface area contributed by atoms with Crippen molar-refractivity contribution in [3.8, 4) is 17.0 Å². The molecule has 0 saturated carbocycles. The monoisotopic (exact) mass is 365 g/mol. The van der Waals surface area contributed by atoms with Gasteiger partial charge in [-0.2, -0.15) is 10.2 Å². The third kappa shape index (κ3) is 3.49. The number of aromatic amines is 1. The lowest BCUT2D eigenvalue weighted by Crippen LogP contribution is -2.40. The number of fused-ring (bicyclic) bond motifs is 1. The van der Waals surface area contributed by atoms with Crippen molar-refractivity contribution in [1.29, 1.82) is 0 Å². The van der Waals surface area contributed by atoms with E-state index in [1.165, 1.54) is 17.0 Å². The van der Waals surface area contributed by atoms with E-state index in [9.17, 15) is 0 Å². The molecule has 1 atom stereocenters. The van der Waals surface area contributed by atoms with Crippen LogP contribution in [-0.4, -0.2) is 44.6 Å². The first-order chi connectivity index (χ1) is 13.0. The smallest absolute Gasteiger partial charge is 0.119 e. The molecule has 2 aromatic heterocycles. The summed E-state index contributed by atoms with van der Waals surface area (Å²) in [5, 5.41) is 12.5. The molecule has 0 amide bonds. The molecular formula is C21H27N5O. The molecule has 0 saturated heterocycles. The summed E-state index contributed by atoms with van der Waals surface area (Å²) in [5.41, 5.74) is 6.98. The Morgan fingerprint density at radius 3 is 2.85 bits per heavy atom. The zero-order chi connectivity index (χ0) is 19.0. The third-order valence-electron chi connectivity index (χ3n) is 5.47. The van der Waals surface area contributed by atoms with Crippen LogP contribution in [0.15, 0.2) is 30.3 Å². The standard InChI is InChI=1S/C21H27N5O/c1-14-10-15(2)26(24-14)12-16(3)25-9-8-20-19(13-25)21(23-22-20)17-6-5-7-18(11-17)27-4/h5-7,10-11,16H,8-9,12-13H2,1-4H3,(H,22,23)/t16-/m1/s1. The van der Waals surface area contributed by atoms with E-state index >= 15 is 0 Å². The van der Waals surface area contributed by atoms with Crippen LogP contribution >= 0.6 is 0 Å². The van der Waals surface area contributed by atoms with E-state index in [1.807, 2.05) is 19.1 Å². The average Bonchev–Trinajstić information content (AvgIpc) is 3.23. The van der Waals surface area contributed by atoms with Crippen LogP contribution in [0.5, 0.6) is 5.75 Å². The van der Waals surface area contributed by atoms with Gasteiger partial charge in [0, 0.05) is 48.1 Å². The van der Waals surface area contributed by atoms with Gasteiger partial charge < -0.3 is 4.74 Å². The zero-order valence-corrected chi connectivity index (χ0v) is 16.5. The van der Waals surface area contributed by atoms with Crippen LogP contribution in [0.2, 0.25) is 0 Å². The number of ether oxygens (including phenoxy) is 1.